The van der Waals surface area contributed by atoms with Gasteiger partial charge in [0.1, 0.15) is 5.75 Å². The van der Waals surface area contributed by atoms with Crippen molar-refractivity contribution >= 4 is 17.3 Å². The largest absolute Gasteiger partial charge is 0.505 e. The third-order valence-electron chi connectivity index (χ3n) is 2.83. The summed E-state index contributed by atoms with van der Waals surface area (Å²) < 4.78 is 0. The minimum Gasteiger partial charge on any atom is -0.505 e. The van der Waals surface area contributed by atoms with Crippen LogP contribution in [0.15, 0.2) is 36.7 Å². The molecule has 0 unspecified atom stereocenters. The lowest BCUT2D eigenvalue weighted by Gasteiger charge is -2.09. The first-order valence-electron chi connectivity index (χ1n) is 5.94. The third kappa shape index (κ3) is 2.82. The number of nitrogens with one attached hydrogen (secondary N) is 1. The van der Waals surface area contributed by atoms with E-state index in [4.69, 9.17) is 5.73 Å². The summed E-state index contributed by atoms with van der Waals surface area (Å²) in [5, 5.41) is 12.2. The molecule has 5 nitrogen and oxygen atoms in total. The zero-order valence-corrected chi connectivity index (χ0v) is 10.6. The van der Waals surface area contributed by atoms with Gasteiger partial charge in [0.15, 0.2) is 0 Å². The van der Waals surface area contributed by atoms with Gasteiger partial charge in [-0.15, -0.1) is 0 Å². The Hall–Kier alpha value is -2.56. The number of benzene rings is 1. The Kier molecular flexibility index (Phi) is 3.66. The van der Waals surface area contributed by atoms with Gasteiger partial charge in [0, 0.05) is 17.6 Å². The maximum atomic E-state index is 12.0. The molecule has 0 aliphatic carbocycles. The van der Waals surface area contributed by atoms with Gasteiger partial charge in [0.2, 0.25) is 0 Å². The fourth-order valence-electron chi connectivity index (χ4n) is 1.77. The summed E-state index contributed by atoms with van der Waals surface area (Å²) in [5.74, 6) is -0.554. The minimum absolute atomic E-state index is 0.154. The molecule has 0 spiro atoms. The molecule has 1 heterocycles. The molecule has 0 saturated carbocycles. The van der Waals surface area contributed by atoms with Crippen molar-refractivity contribution < 1.29 is 9.90 Å². The van der Waals surface area contributed by atoms with Gasteiger partial charge in [0.05, 0.1) is 11.8 Å². The van der Waals surface area contributed by atoms with Crippen LogP contribution in [0.2, 0.25) is 0 Å². The van der Waals surface area contributed by atoms with E-state index >= 15 is 0 Å². The summed E-state index contributed by atoms with van der Waals surface area (Å²) >= 11 is 0. The molecule has 0 aliphatic heterocycles. The van der Waals surface area contributed by atoms with Gasteiger partial charge < -0.3 is 16.2 Å². The summed E-state index contributed by atoms with van der Waals surface area (Å²) in [6.07, 6.45) is 3.51. The van der Waals surface area contributed by atoms with Crippen molar-refractivity contribution in [2.45, 2.75) is 13.3 Å². The first-order valence-corrected chi connectivity index (χ1v) is 5.94. The first kappa shape index (κ1) is 12.9. The quantitative estimate of drug-likeness (QED) is 0.735. The molecular weight excluding hydrogens is 242 g/mol. The second-order valence-electron chi connectivity index (χ2n) is 4.11. The third-order valence-corrected chi connectivity index (χ3v) is 2.83. The Morgan fingerprint density at radius 1 is 1.42 bits per heavy atom. The number of carbonyl (C=O) groups excluding carboxylic acids is 1. The topological polar surface area (TPSA) is 88.2 Å². The molecule has 5 heteroatoms. The highest BCUT2D eigenvalue weighted by atomic mass is 16.3. The van der Waals surface area contributed by atoms with Crippen LogP contribution in [0.4, 0.5) is 11.4 Å². The molecule has 1 amide bonds. The lowest BCUT2D eigenvalue weighted by atomic mass is 10.1. The van der Waals surface area contributed by atoms with E-state index in [2.05, 4.69) is 10.3 Å². The predicted molar refractivity (Wildman–Crippen MR) is 74.1 cm³/mol. The van der Waals surface area contributed by atoms with Gasteiger partial charge in [-0.1, -0.05) is 13.0 Å². The number of aryl methyl sites for hydroxylation is 1. The SMILES string of the molecule is CCc1ccc(NC(=O)c2ccncc2O)cc1N. The Morgan fingerprint density at radius 2 is 2.21 bits per heavy atom. The molecule has 19 heavy (non-hydrogen) atoms. The first-order chi connectivity index (χ1) is 9.11. The molecule has 0 saturated heterocycles. The van der Waals surface area contributed by atoms with E-state index in [0.29, 0.717) is 11.4 Å². The highest BCUT2D eigenvalue weighted by Crippen LogP contribution is 2.20. The summed E-state index contributed by atoms with van der Waals surface area (Å²) in [6, 6.07) is 6.81. The molecule has 0 bridgehead atoms. The van der Waals surface area contributed by atoms with Gasteiger partial charge >= 0.3 is 0 Å². The van der Waals surface area contributed by atoms with Gasteiger partial charge in [-0.05, 0) is 30.2 Å². The van der Waals surface area contributed by atoms with Crippen molar-refractivity contribution in [3.05, 3.63) is 47.8 Å². The number of anilines is 2. The van der Waals surface area contributed by atoms with E-state index < -0.39 is 5.91 Å². The van der Waals surface area contributed by atoms with Crippen LogP contribution in [-0.4, -0.2) is 16.0 Å². The van der Waals surface area contributed by atoms with Crippen LogP contribution >= 0.6 is 0 Å². The average molecular weight is 257 g/mol. The van der Waals surface area contributed by atoms with Gasteiger partial charge in [-0.25, -0.2) is 0 Å². The van der Waals surface area contributed by atoms with Crippen molar-refractivity contribution in [1.82, 2.24) is 4.98 Å². The number of amides is 1. The highest BCUT2D eigenvalue weighted by molar-refractivity contribution is 6.06. The number of pyridine rings is 1. The number of hydrogen-bond acceptors (Lipinski definition) is 4. The van der Waals surface area contributed by atoms with Gasteiger partial charge in [0.25, 0.3) is 5.91 Å². The van der Waals surface area contributed by atoms with Crippen LogP contribution in [0, 0.1) is 0 Å². The molecule has 98 valence electrons. The average Bonchev–Trinajstić information content (AvgIpc) is 2.39. The van der Waals surface area contributed by atoms with Crippen molar-refractivity contribution in [2.75, 3.05) is 11.1 Å². The van der Waals surface area contributed by atoms with Crippen molar-refractivity contribution in [1.29, 1.82) is 0 Å². The molecule has 0 radical (unpaired) electrons. The second kappa shape index (κ2) is 5.39. The predicted octanol–water partition coefficient (Wildman–Crippen LogP) is 2.18. The summed E-state index contributed by atoms with van der Waals surface area (Å²) in [6.45, 7) is 2.01. The molecule has 0 atom stereocenters. The zero-order valence-electron chi connectivity index (χ0n) is 10.6. The smallest absolute Gasteiger partial charge is 0.259 e. The molecule has 2 rings (SSSR count). The highest BCUT2D eigenvalue weighted by Gasteiger charge is 2.11. The fourth-order valence-corrected chi connectivity index (χ4v) is 1.77. The Morgan fingerprint density at radius 3 is 2.84 bits per heavy atom. The van der Waals surface area contributed by atoms with Gasteiger partial charge in [-0.2, -0.15) is 0 Å². The maximum Gasteiger partial charge on any atom is 0.259 e. The Balaban J connectivity index is 2.20. The molecule has 2 aromatic rings. The normalized spacial score (nSPS) is 10.2. The summed E-state index contributed by atoms with van der Waals surface area (Å²) in [5.41, 5.74) is 8.30. The van der Waals surface area contributed by atoms with Crippen molar-refractivity contribution in [3.8, 4) is 5.75 Å². The molecular formula is C14H15N3O2. The summed E-state index contributed by atoms with van der Waals surface area (Å²) in [4.78, 5) is 15.7. The van der Waals surface area contributed by atoms with Crippen LogP contribution in [-0.2, 0) is 6.42 Å². The van der Waals surface area contributed by atoms with Crippen LogP contribution in [0.3, 0.4) is 0 Å². The number of rotatable bonds is 3. The lowest BCUT2D eigenvalue weighted by molar-refractivity contribution is 0.102. The van der Waals surface area contributed by atoms with E-state index in [1.54, 1.807) is 12.1 Å². The second-order valence-corrected chi connectivity index (χ2v) is 4.11. The van der Waals surface area contributed by atoms with E-state index in [-0.39, 0.29) is 11.3 Å². The minimum atomic E-state index is -0.399. The maximum absolute atomic E-state index is 12.0. The fraction of sp³-hybridized carbons (Fsp3) is 0.143. The van der Waals surface area contributed by atoms with E-state index in [1.165, 1.54) is 18.5 Å². The number of nitrogens with zero attached hydrogens (tertiary/aromatic N) is 1. The van der Waals surface area contributed by atoms with E-state index in [9.17, 15) is 9.90 Å². The molecule has 0 aliphatic rings. The molecule has 4 N–H and O–H groups in total. The van der Waals surface area contributed by atoms with Crippen molar-refractivity contribution in [3.63, 3.8) is 0 Å². The van der Waals surface area contributed by atoms with Crippen LogP contribution in [0.5, 0.6) is 5.75 Å². The van der Waals surface area contributed by atoms with E-state index in [0.717, 1.165) is 12.0 Å². The Labute approximate surface area is 111 Å². The van der Waals surface area contributed by atoms with Crippen LogP contribution < -0.4 is 11.1 Å². The van der Waals surface area contributed by atoms with Crippen LogP contribution in [0.25, 0.3) is 0 Å². The van der Waals surface area contributed by atoms with E-state index in [1.807, 2.05) is 13.0 Å². The molecule has 1 aromatic heterocycles. The number of nitrogen functional groups attached to an aromatic ring is 1. The monoisotopic (exact) mass is 257 g/mol. The number of aromatic nitrogens is 1. The van der Waals surface area contributed by atoms with Gasteiger partial charge in [-0.3, -0.25) is 9.78 Å². The standard InChI is InChI=1S/C14H15N3O2/c1-2-9-3-4-10(7-12(9)15)17-14(19)11-5-6-16-8-13(11)18/h3-8,18H,2,15H2,1H3,(H,17,19). The zero-order chi connectivity index (χ0) is 13.8. The molecule has 0 fully saturated rings. The lowest BCUT2D eigenvalue weighted by Crippen LogP contribution is -2.12. The van der Waals surface area contributed by atoms with Crippen molar-refractivity contribution in [2.24, 2.45) is 0 Å². The van der Waals surface area contributed by atoms with Crippen LogP contribution in [0.1, 0.15) is 22.8 Å². The number of aromatic hydroxyl groups is 1. The Bertz CT molecular complexity index is 611. The number of nitrogens with two attached hydrogens (primary N) is 1. The number of carbonyl (C=O) groups is 1. The molecule has 1 aromatic carbocycles. The number of hydrogen-bond donors (Lipinski definition) is 3. The summed E-state index contributed by atoms with van der Waals surface area (Å²) in [7, 11) is 0.